The number of carbonyl (C=O) groups excluding carboxylic acids is 1. The third-order valence-corrected chi connectivity index (χ3v) is 5.54. The Balaban J connectivity index is 1.42. The number of para-hydroxylation sites is 3. The number of hydrogen-bond acceptors (Lipinski definition) is 4. The molecule has 1 aromatic heterocycles. The van der Waals surface area contributed by atoms with E-state index in [1.807, 2.05) is 43.3 Å². The fraction of sp³-hybridized carbons (Fsp3) is 0.391. The predicted molar refractivity (Wildman–Crippen MR) is 112 cm³/mol. The molecule has 3 aromatic rings. The molecule has 1 N–H and O–H groups in total. The number of oxazole rings is 1. The molecule has 1 saturated heterocycles. The number of amides is 1. The molecule has 5 nitrogen and oxygen atoms in total. The van der Waals surface area contributed by atoms with Crippen LogP contribution in [0.4, 0.5) is 5.69 Å². The highest BCUT2D eigenvalue weighted by molar-refractivity contribution is 5.93. The number of likely N-dealkylation sites (tertiary alicyclic amines) is 1. The van der Waals surface area contributed by atoms with Crippen LogP contribution >= 0.6 is 0 Å². The number of aryl methyl sites for hydroxylation is 2. The molecule has 2 heterocycles. The van der Waals surface area contributed by atoms with Crippen molar-refractivity contribution in [1.82, 2.24) is 9.88 Å². The summed E-state index contributed by atoms with van der Waals surface area (Å²) >= 11 is 0. The second-order valence-electron chi connectivity index (χ2n) is 7.60. The number of nitrogens with one attached hydrogen (secondary N) is 1. The zero-order valence-electron chi connectivity index (χ0n) is 16.6. The Kier molecular flexibility index (Phi) is 5.44. The number of nitrogens with zero attached hydrogens (tertiary/aromatic N) is 2. The van der Waals surface area contributed by atoms with Gasteiger partial charge in [-0.3, -0.25) is 9.69 Å². The molecule has 0 radical (unpaired) electrons. The molecule has 1 amide bonds. The monoisotopic (exact) mass is 377 g/mol. The highest BCUT2D eigenvalue weighted by Gasteiger charge is 2.26. The van der Waals surface area contributed by atoms with E-state index < -0.39 is 0 Å². The topological polar surface area (TPSA) is 58.4 Å². The molecule has 1 unspecified atom stereocenters. The summed E-state index contributed by atoms with van der Waals surface area (Å²) in [5.41, 5.74) is 4.98. The third-order valence-electron chi connectivity index (χ3n) is 5.54. The summed E-state index contributed by atoms with van der Waals surface area (Å²) in [5.74, 6) is 1.07. The molecular weight excluding hydrogens is 350 g/mol. The van der Waals surface area contributed by atoms with E-state index in [0.29, 0.717) is 6.54 Å². The largest absolute Gasteiger partial charge is 0.440 e. The van der Waals surface area contributed by atoms with Crippen LogP contribution in [0.15, 0.2) is 46.9 Å². The lowest BCUT2D eigenvalue weighted by atomic mass is 9.98. The molecule has 1 aliphatic heterocycles. The quantitative estimate of drug-likeness (QED) is 0.710. The van der Waals surface area contributed by atoms with Crippen LogP contribution in [-0.2, 0) is 11.2 Å². The molecule has 0 saturated carbocycles. The smallest absolute Gasteiger partial charge is 0.238 e. The third kappa shape index (κ3) is 3.94. The Morgan fingerprint density at radius 3 is 2.93 bits per heavy atom. The summed E-state index contributed by atoms with van der Waals surface area (Å²) in [6.07, 6.45) is 2.99. The molecule has 0 spiro atoms. The number of anilines is 1. The second kappa shape index (κ2) is 8.15. The van der Waals surface area contributed by atoms with Crippen LogP contribution in [0.3, 0.4) is 0 Å². The lowest BCUT2D eigenvalue weighted by Crippen LogP contribution is -2.40. The number of piperidine rings is 1. The zero-order chi connectivity index (χ0) is 19.5. The minimum absolute atomic E-state index is 0.0437. The molecule has 5 heteroatoms. The minimum Gasteiger partial charge on any atom is -0.440 e. The van der Waals surface area contributed by atoms with Crippen molar-refractivity contribution in [3.8, 4) is 0 Å². The van der Waals surface area contributed by atoms with E-state index in [-0.39, 0.29) is 11.8 Å². The van der Waals surface area contributed by atoms with Crippen molar-refractivity contribution in [2.45, 2.75) is 39.0 Å². The maximum atomic E-state index is 12.7. The average Bonchev–Trinajstić information content (AvgIpc) is 3.14. The lowest BCUT2D eigenvalue weighted by molar-refractivity contribution is -0.117. The van der Waals surface area contributed by atoms with Gasteiger partial charge in [0.05, 0.1) is 6.54 Å². The van der Waals surface area contributed by atoms with Crippen molar-refractivity contribution in [2.24, 2.45) is 0 Å². The maximum Gasteiger partial charge on any atom is 0.238 e. The van der Waals surface area contributed by atoms with Crippen LogP contribution in [0.2, 0.25) is 0 Å². The maximum absolute atomic E-state index is 12.7. The summed E-state index contributed by atoms with van der Waals surface area (Å²) < 4.78 is 5.96. The van der Waals surface area contributed by atoms with Crippen LogP contribution < -0.4 is 5.32 Å². The summed E-state index contributed by atoms with van der Waals surface area (Å²) in [6, 6.07) is 14.0. The lowest BCUT2D eigenvalue weighted by Gasteiger charge is -2.30. The van der Waals surface area contributed by atoms with Gasteiger partial charge in [-0.2, -0.15) is 0 Å². The van der Waals surface area contributed by atoms with Gasteiger partial charge in [-0.15, -0.1) is 0 Å². The first-order valence-corrected chi connectivity index (χ1v) is 10.1. The van der Waals surface area contributed by atoms with Crippen molar-refractivity contribution in [1.29, 1.82) is 0 Å². The van der Waals surface area contributed by atoms with E-state index in [1.165, 1.54) is 5.56 Å². The van der Waals surface area contributed by atoms with Gasteiger partial charge in [0.1, 0.15) is 5.52 Å². The van der Waals surface area contributed by atoms with E-state index in [0.717, 1.165) is 60.6 Å². The van der Waals surface area contributed by atoms with Gasteiger partial charge in [-0.05, 0) is 56.0 Å². The summed E-state index contributed by atoms with van der Waals surface area (Å²) in [6.45, 7) is 6.28. The van der Waals surface area contributed by atoms with Gasteiger partial charge in [0, 0.05) is 18.2 Å². The molecule has 1 aliphatic rings. The first-order chi connectivity index (χ1) is 13.6. The van der Waals surface area contributed by atoms with E-state index in [9.17, 15) is 4.79 Å². The van der Waals surface area contributed by atoms with Gasteiger partial charge in [0.2, 0.25) is 5.91 Å². The zero-order valence-corrected chi connectivity index (χ0v) is 16.6. The second-order valence-corrected chi connectivity index (χ2v) is 7.60. The molecule has 146 valence electrons. The SMILES string of the molecule is CCc1cccc(C)c1NC(=O)CN1CCCC(c2nc3ccccc3o2)C1. The van der Waals surface area contributed by atoms with Crippen LogP contribution in [0.5, 0.6) is 0 Å². The van der Waals surface area contributed by atoms with Crippen LogP contribution in [0, 0.1) is 6.92 Å². The summed E-state index contributed by atoms with van der Waals surface area (Å²) in [7, 11) is 0. The number of aromatic nitrogens is 1. The van der Waals surface area contributed by atoms with Gasteiger partial charge in [-0.1, -0.05) is 37.3 Å². The molecule has 0 bridgehead atoms. The molecule has 2 aromatic carbocycles. The van der Waals surface area contributed by atoms with Crippen molar-refractivity contribution in [3.63, 3.8) is 0 Å². The first kappa shape index (κ1) is 18.7. The summed E-state index contributed by atoms with van der Waals surface area (Å²) in [4.78, 5) is 19.6. The van der Waals surface area contributed by atoms with Crippen molar-refractivity contribution >= 4 is 22.7 Å². The van der Waals surface area contributed by atoms with Crippen LogP contribution in [0.25, 0.3) is 11.1 Å². The Bertz CT molecular complexity index is 946. The van der Waals surface area contributed by atoms with Crippen molar-refractivity contribution in [2.75, 3.05) is 25.0 Å². The fourth-order valence-electron chi connectivity index (χ4n) is 4.05. The number of rotatable bonds is 5. The van der Waals surface area contributed by atoms with E-state index >= 15 is 0 Å². The van der Waals surface area contributed by atoms with Gasteiger partial charge in [0.15, 0.2) is 11.5 Å². The van der Waals surface area contributed by atoms with Gasteiger partial charge < -0.3 is 9.73 Å². The Morgan fingerprint density at radius 2 is 2.11 bits per heavy atom. The first-order valence-electron chi connectivity index (χ1n) is 10.1. The molecule has 1 atom stereocenters. The van der Waals surface area contributed by atoms with Gasteiger partial charge in [-0.25, -0.2) is 4.98 Å². The highest BCUT2D eigenvalue weighted by atomic mass is 16.3. The number of hydrogen-bond donors (Lipinski definition) is 1. The average molecular weight is 377 g/mol. The Hall–Kier alpha value is -2.66. The predicted octanol–water partition coefficient (Wildman–Crippen LogP) is 4.52. The van der Waals surface area contributed by atoms with Crippen molar-refractivity contribution < 1.29 is 9.21 Å². The fourth-order valence-corrected chi connectivity index (χ4v) is 4.05. The van der Waals surface area contributed by atoms with Crippen molar-refractivity contribution in [3.05, 3.63) is 59.5 Å². The highest BCUT2D eigenvalue weighted by Crippen LogP contribution is 2.29. The Morgan fingerprint density at radius 1 is 1.25 bits per heavy atom. The van der Waals surface area contributed by atoms with E-state index in [1.54, 1.807) is 0 Å². The summed E-state index contributed by atoms with van der Waals surface area (Å²) in [5, 5.41) is 3.13. The molecule has 0 aliphatic carbocycles. The normalized spacial score (nSPS) is 17.7. The van der Waals surface area contributed by atoms with Gasteiger partial charge >= 0.3 is 0 Å². The van der Waals surface area contributed by atoms with Crippen LogP contribution in [0.1, 0.15) is 42.7 Å². The molecule has 28 heavy (non-hydrogen) atoms. The molecular formula is C23H27N3O2. The van der Waals surface area contributed by atoms with Crippen LogP contribution in [-0.4, -0.2) is 35.4 Å². The van der Waals surface area contributed by atoms with E-state index in [4.69, 9.17) is 4.42 Å². The Labute approximate surface area is 165 Å². The minimum atomic E-state index is 0.0437. The standard InChI is InChI=1S/C23H27N3O2/c1-3-17-9-6-8-16(2)22(17)25-21(27)15-26-13-7-10-18(14-26)23-24-19-11-4-5-12-20(19)28-23/h4-6,8-9,11-12,18H,3,7,10,13-15H2,1-2H3,(H,25,27). The van der Waals surface area contributed by atoms with Gasteiger partial charge in [0.25, 0.3) is 0 Å². The molecule has 4 rings (SSSR count). The van der Waals surface area contributed by atoms with E-state index in [2.05, 4.69) is 28.2 Å². The molecule has 1 fully saturated rings. The number of benzene rings is 2. The number of carbonyl (C=O) groups is 1. The number of fused-ring (bicyclic) bond motifs is 1.